The van der Waals surface area contributed by atoms with E-state index in [1.807, 2.05) is 25.1 Å². The van der Waals surface area contributed by atoms with Crippen molar-refractivity contribution in [1.29, 1.82) is 0 Å². The van der Waals surface area contributed by atoms with E-state index in [4.69, 9.17) is 16.3 Å². The normalized spacial score (nSPS) is 26.8. The van der Waals surface area contributed by atoms with Gasteiger partial charge in [-0.25, -0.2) is 0 Å². The number of carbonyl (C=O) groups excluding carboxylic acids is 3. The second-order valence-corrected chi connectivity index (χ2v) is 15.5. The quantitative estimate of drug-likeness (QED) is 0.205. The van der Waals surface area contributed by atoms with Gasteiger partial charge in [-0.3, -0.25) is 24.1 Å². The number of H-pyrrole nitrogens is 1. The first-order chi connectivity index (χ1) is 23.4. The molecule has 7 atom stereocenters. The van der Waals surface area contributed by atoms with Crippen molar-refractivity contribution in [2.24, 2.45) is 29.6 Å². The van der Waals surface area contributed by atoms with Crippen LogP contribution < -0.4 is 19.8 Å². The lowest BCUT2D eigenvalue weighted by Gasteiger charge is -2.43. The summed E-state index contributed by atoms with van der Waals surface area (Å²) in [4.78, 5) is 58.0. The summed E-state index contributed by atoms with van der Waals surface area (Å²) in [5, 5.41) is 3.76. The van der Waals surface area contributed by atoms with Crippen LogP contribution >= 0.6 is 34.7 Å². The maximum absolute atomic E-state index is 14.1. The molecular formula is C35H27ClF3N3O5S2. The first-order valence-corrected chi connectivity index (χ1v) is 17.7. The smallest absolute Gasteiger partial charge is 0.416 e. The average Bonchev–Trinajstić information content (AvgIpc) is 3.80. The molecule has 252 valence electrons. The standard InChI is InChI=1S/C35H27ClF3N3O5S2/c1-15-5-2-3-8-22(15)40-24(43)14-47-23-10-9-17(36)12-19(23)25-26-20-13-21(29(26)48-31-30(25)49-34(46)41-31)28-27(20)32(44)42(33(28)45)18-7-4-6-16(11-18)35(37,38)39/h2-12,20-21,25-29H,13-14H2,1H3,(H,40,43)(H,41,46)/t20-,21-,25-,26?,27?,28?,29?/m1/s1. The topological polar surface area (TPSA) is 109 Å². The number of nitrogens with one attached hydrogen (secondary N) is 2. The second kappa shape index (κ2) is 11.8. The first-order valence-electron chi connectivity index (χ1n) is 15.6. The molecule has 3 heterocycles. The zero-order chi connectivity index (χ0) is 34.4. The third-order valence-corrected chi connectivity index (χ3v) is 13.1. The molecule has 2 aliphatic heterocycles. The molecule has 2 N–H and O–H groups in total. The molecule has 4 aliphatic rings. The van der Waals surface area contributed by atoms with Crippen LogP contribution in [0.15, 0.2) is 76.6 Å². The van der Waals surface area contributed by atoms with Gasteiger partial charge in [0.2, 0.25) is 11.8 Å². The summed E-state index contributed by atoms with van der Waals surface area (Å²) in [6.45, 7) is 1.58. The van der Waals surface area contributed by atoms with Gasteiger partial charge in [0, 0.05) is 32.3 Å². The molecule has 0 radical (unpaired) electrons. The predicted molar refractivity (Wildman–Crippen MR) is 179 cm³/mol. The number of hydrogen-bond acceptors (Lipinski definition) is 7. The zero-order valence-corrected chi connectivity index (χ0v) is 28.0. The number of thioether (sulfide) groups is 1. The molecule has 1 aromatic heterocycles. The van der Waals surface area contributed by atoms with Crippen molar-refractivity contribution in [3.8, 4) is 5.75 Å². The van der Waals surface area contributed by atoms with Crippen LogP contribution in [0.25, 0.3) is 0 Å². The molecule has 3 amide bonds. The van der Waals surface area contributed by atoms with E-state index < -0.39 is 41.3 Å². The number of fused-ring (bicyclic) bond motifs is 9. The van der Waals surface area contributed by atoms with Crippen molar-refractivity contribution < 1.29 is 32.3 Å². The Hall–Kier alpha value is -4.07. The molecule has 8 nitrogen and oxygen atoms in total. The number of para-hydroxylation sites is 1. The van der Waals surface area contributed by atoms with Crippen molar-refractivity contribution in [2.45, 2.75) is 35.7 Å². The van der Waals surface area contributed by atoms with Gasteiger partial charge >= 0.3 is 11.0 Å². The highest BCUT2D eigenvalue weighted by atomic mass is 35.5. The van der Waals surface area contributed by atoms with E-state index in [-0.39, 0.29) is 46.1 Å². The summed E-state index contributed by atoms with van der Waals surface area (Å²) in [5.74, 6) is -3.62. The number of ether oxygens (including phenoxy) is 1. The number of aromatic amines is 1. The van der Waals surface area contributed by atoms with Crippen LogP contribution in [-0.4, -0.2) is 34.6 Å². The average molecular weight is 726 g/mol. The van der Waals surface area contributed by atoms with E-state index in [2.05, 4.69) is 10.3 Å². The molecule has 1 saturated heterocycles. The van der Waals surface area contributed by atoms with Crippen LogP contribution in [0.3, 0.4) is 0 Å². The molecule has 4 aromatic rings. The van der Waals surface area contributed by atoms with E-state index in [9.17, 15) is 32.3 Å². The van der Waals surface area contributed by atoms with Gasteiger partial charge in [-0.15, -0.1) is 11.8 Å². The summed E-state index contributed by atoms with van der Waals surface area (Å²) in [5.41, 5.74) is 1.17. The fourth-order valence-corrected chi connectivity index (χ4v) is 11.4. The summed E-state index contributed by atoms with van der Waals surface area (Å²) in [6, 6.07) is 16.8. The maximum Gasteiger partial charge on any atom is 0.416 e. The van der Waals surface area contributed by atoms with E-state index in [0.29, 0.717) is 33.5 Å². The van der Waals surface area contributed by atoms with Gasteiger partial charge in [-0.2, -0.15) is 13.2 Å². The molecule has 2 saturated carbocycles. The Bertz CT molecular complexity index is 2100. The van der Waals surface area contributed by atoms with Crippen LogP contribution in [0.1, 0.15) is 33.9 Å². The number of benzene rings is 3. The highest BCUT2D eigenvalue weighted by Gasteiger charge is 2.70. The molecule has 0 spiro atoms. The van der Waals surface area contributed by atoms with Crippen molar-refractivity contribution in [1.82, 2.24) is 4.98 Å². The lowest BCUT2D eigenvalue weighted by Crippen LogP contribution is -2.42. The number of alkyl halides is 3. The Kier molecular flexibility index (Phi) is 7.72. The Balaban J connectivity index is 1.14. The minimum Gasteiger partial charge on any atom is -0.483 e. The van der Waals surface area contributed by atoms with Crippen molar-refractivity contribution in [2.75, 3.05) is 16.8 Å². The second-order valence-electron chi connectivity index (χ2n) is 12.9. The van der Waals surface area contributed by atoms with E-state index in [1.165, 1.54) is 23.9 Å². The fraction of sp³-hybridized carbons (Fsp3) is 0.314. The maximum atomic E-state index is 14.1. The van der Waals surface area contributed by atoms with E-state index in [1.54, 1.807) is 24.3 Å². The molecule has 14 heteroatoms. The van der Waals surface area contributed by atoms with Crippen LogP contribution in [-0.2, 0) is 20.6 Å². The SMILES string of the molecule is Cc1ccccc1NC(=O)COc1ccc(Cl)cc1[C@H]1c2sc(=O)[nH]c2SC2C1[C@H]1C[C@@H]2C2C(=O)N(c3cccc(C(F)(F)F)c3)C(=O)C21. The first kappa shape index (κ1) is 32.2. The highest BCUT2D eigenvalue weighted by molar-refractivity contribution is 8.00. The zero-order valence-electron chi connectivity index (χ0n) is 25.6. The lowest BCUT2D eigenvalue weighted by atomic mass is 9.68. The molecule has 49 heavy (non-hydrogen) atoms. The molecule has 2 bridgehead atoms. The van der Waals surface area contributed by atoms with Crippen molar-refractivity contribution in [3.63, 3.8) is 0 Å². The van der Waals surface area contributed by atoms with Crippen LogP contribution in [0, 0.1) is 36.5 Å². The summed E-state index contributed by atoms with van der Waals surface area (Å²) in [7, 11) is 0. The van der Waals surface area contributed by atoms with Crippen molar-refractivity contribution in [3.05, 3.63) is 103 Å². The van der Waals surface area contributed by atoms with E-state index in [0.717, 1.165) is 38.8 Å². The Morgan fingerprint density at radius 1 is 1.02 bits per heavy atom. The fourth-order valence-electron chi connectivity index (χ4n) is 8.38. The highest BCUT2D eigenvalue weighted by Crippen LogP contribution is 2.69. The molecular weight excluding hydrogens is 699 g/mol. The molecule has 2 aliphatic carbocycles. The molecule has 4 unspecified atom stereocenters. The Morgan fingerprint density at radius 3 is 2.53 bits per heavy atom. The Morgan fingerprint density at radius 2 is 1.78 bits per heavy atom. The van der Waals surface area contributed by atoms with Crippen molar-refractivity contribution >= 4 is 63.8 Å². The van der Waals surface area contributed by atoms with Gasteiger partial charge in [0.1, 0.15) is 5.75 Å². The summed E-state index contributed by atoms with van der Waals surface area (Å²) >= 11 is 9.09. The third-order valence-electron chi connectivity index (χ3n) is 10.2. The van der Waals surface area contributed by atoms with Gasteiger partial charge in [-0.1, -0.05) is 47.2 Å². The van der Waals surface area contributed by atoms with Gasteiger partial charge in [-0.05, 0) is 79.1 Å². The van der Waals surface area contributed by atoms with Crippen LogP contribution in [0.5, 0.6) is 5.75 Å². The predicted octanol–water partition coefficient (Wildman–Crippen LogP) is 7.11. The molecule has 3 aromatic carbocycles. The summed E-state index contributed by atoms with van der Waals surface area (Å²) in [6.07, 6.45) is -4.06. The Labute approximate surface area is 291 Å². The van der Waals surface area contributed by atoms with Crippen LogP contribution in [0.4, 0.5) is 24.5 Å². The van der Waals surface area contributed by atoms with Gasteiger partial charge in [0.15, 0.2) is 6.61 Å². The largest absolute Gasteiger partial charge is 0.483 e. The molecule has 3 fully saturated rings. The number of rotatable bonds is 6. The molecule has 8 rings (SSSR count). The number of nitrogens with zero attached hydrogens (tertiary/aromatic N) is 1. The minimum atomic E-state index is -4.64. The lowest BCUT2D eigenvalue weighted by molar-refractivity contribution is -0.137. The number of anilines is 2. The number of aryl methyl sites for hydroxylation is 1. The van der Waals surface area contributed by atoms with Crippen LogP contribution in [0.2, 0.25) is 5.02 Å². The monoisotopic (exact) mass is 725 g/mol. The number of halogens is 4. The third kappa shape index (κ3) is 5.28. The minimum absolute atomic E-state index is 0.0938. The number of carbonyl (C=O) groups is 3. The number of thiazole rings is 1. The van der Waals surface area contributed by atoms with Gasteiger partial charge < -0.3 is 15.0 Å². The summed E-state index contributed by atoms with van der Waals surface area (Å²) < 4.78 is 46.8. The van der Waals surface area contributed by atoms with E-state index >= 15 is 0 Å². The van der Waals surface area contributed by atoms with Gasteiger partial charge in [0.25, 0.3) is 5.91 Å². The number of imide groups is 1. The number of hydrogen-bond donors (Lipinski definition) is 2. The van der Waals surface area contributed by atoms with Gasteiger partial charge in [0.05, 0.1) is 28.1 Å². The number of aromatic nitrogens is 1. The number of amides is 3.